The number of hydrogen-bond acceptors (Lipinski definition) is 15. The van der Waals surface area contributed by atoms with Crippen LogP contribution in [-0.4, -0.2) is 112 Å². The lowest BCUT2D eigenvalue weighted by Gasteiger charge is -2.30. The molecule has 0 spiro atoms. The molecule has 6 rings (SSSR count). The van der Waals surface area contributed by atoms with E-state index in [0.29, 0.717) is 50.0 Å². The SMILES string of the molecule is Cc1cn(CN(C)C2=NC(C)N=C(NCCc3c[nH]cc3C)N2)cc1CCNC1=NC(CCN(CCc2c[nH]cc2C)C2=NC(C)N=C(N)N2)N=C(N)N1. The van der Waals surface area contributed by atoms with E-state index in [-0.39, 0.29) is 18.5 Å². The normalized spacial score (nSPS) is 19.6. The van der Waals surface area contributed by atoms with E-state index in [9.17, 15) is 0 Å². The molecule has 3 aliphatic heterocycles. The van der Waals surface area contributed by atoms with Crippen molar-refractivity contribution < 1.29 is 0 Å². The molecule has 3 aliphatic rings. The number of guanidine groups is 6. The molecule has 6 heterocycles. The van der Waals surface area contributed by atoms with E-state index >= 15 is 0 Å². The van der Waals surface area contributed by atoms with E-state index < -0.39 is 0 Å². The van der Waals surface area contributed by atoms with Crippen LogP contribution in [0.4, 0.5) is 0 Å². The second-order valence-corrected chi connectivity index (χ2v) is 14.0. The summed E-state index contributed by atoms with van der Waals surface area (Å²) < 4.78 is 2.18. The van der Waals surface area contributed by atoms with E-state index in [1.165, 1.54) is 33.4 Å². The Balaban J connectivity index is 0.985. The predicted molar refractivity (Wildman–Crippen MR) is 216 cm³/mol. The van der Waals surface area contributed by atoms with Gasteiger partial charge in [0.1, 0.15) is 18.5 Å². The molecular formula is C36H56N18. The second-order valence-electron chi connectivity index (χ2n) is 14.0. The smallest absolute Gasteiger partial charge is 0.204 e. The van der Waals surface area contributed by atoms with Crippen molar-refractivity contribution in [3.05, 3.63) is 70.6 Å². The molecule has 11 N–H and O–H groups in total. The first kappa shape index (κ1) is 37.8. The number of nitrogens with one attached hydrogen (secondary N) is 7. The molecule has 3 aromatic heterocycles. The van der Waals surface area contributed by atoms with Crippen LogP contribution in [-0.2, 0) is 25.9 Å². The fraction of sp³-hybridized carbons (Fsp3) is 0.500. The Bertz CT molecular complexity index is 1920. The van der Waals surface area contributed by atoms with Crippen LogP contribution >= 0.6 is 0 Å². The molecule has 18 heteroatoms. The molecule has 54 heavy (non-hydrogen) atoms. The van der Waals surface area contributed by atoms with E-state index in [4.69, 9.17) is 26.4 Å². The maximum Gasteiger partial charge on any atom is 0.204 e. The van der Waals surface area contributed by atoms with Crippen molar-refractivity contribution in [1.29, 1.82) is 0 Å². The van der Waals surface area contributed by atoms with Gasteiger partial charge in [0.2, 0.25) is 11.9 Å². The third kappa shape index (κ3) is 10.1. The van der Waals surface area contributed by atoms with Gasteiger partial charge in [0.25, 0.3) is 0 Å². The van der Waals surface area contributed by atoms with Crippen molar-refractivity contribution in [1.82, 2.24) is 50.9 Å². The Labute approximate surface area is 316 Å². The van der Waals surface area contributed by atoms with Crippen molar-refractivity contribution in [2.75, 3.05) is 33.2 Å². The minimum Gasteiger partial charge on any atom is -0.370 e. The molecule has 290 valence electrons. The van der Waals surface area contributed by atoms with Gasteiger partial charge in [0.05, 0.1) is 6.67 Å². The number of aliphatic imine (C=N–C) groups is 6. The number of hydrogen-bond donors (Lipinski definition) is 9. The molecule has 0 bridgehead atoms. The number of nitrogens with zero attached hydrogens (tertiary/aromatic N) is 9. The third-order valence-corrected chi connectivity index (χ3v) is 9.58. The number of nitrogens with two attached hydrogens (primary N) is 2. The standard InChI is InChI=1S/C36H56N18/c1-22-15-39-17-27(22)7-11-41-33-44-26(5)45-35(51-33)52(6)21-53-19-24(3)29(20-53)8-12-42-34-48-30(47-32(38)49-34)10-14-54(13-9-28-18-40-16-23(28)2)36-46-25(4)43-31(37)50-36/h15-20,25-26,30,39-40H,7-14,21H2,1-6H3,(H3,37,43,46,50)(H2,41,44,45,51)(H4,38,42,47,48,49). The summed E-state index contributed by atoms with van der Waals surface area (Å²) in [7, 11) is 2.03. The first-order valence-electron chi connectivity index (χ1n) is 18.6. The highest BCUT2D eigenvalue weighted by molar-refractivity contribution is 6.00. The molecule has 0 aliphatic carbocycles. The summed E-state index contributed by atoms with van der Waals surface area (Å²) >= 11 is 0. The van der Waals surface area contributed by atoms with Crippen LogP contribution in [0.3, 0.4) is 0 Å². The van der Waals surface area contributed by atoms with E-state index in [2.05, 4.69) is 99.1 Å². The van der Waals surface area contributed by atoms with Crippen molar-refractivity contribution >= 4 is 35.8 Å². The second kappa shape index (κ2) is 17.3. The van der Waals surface area contributed by atoms with E-state index in [0.717, 1.165) is 44.3 Å². The molecule has 18 nitrogen and oxygen atoms in total. The fourth-order valence-electron chi connectivity index (χ4n) is 6.63. The van der Waals surface area contributed by atoms with Crippen LogP contribution in [0.25, 0.3) is 0 Å². The highest BCUT2D eigenvalue weighted by atomic mass is 15.4. The molecule has 0 saturated heterocycles. The largest absolute Gasteiger partial charge is 0.370 e. The molecule has 0 saturated carbocycles. The Morgan fingerprint density at radius 1 is 0.667 bits per heavy atom. The number of rotatable bonds is 14. The third-order valence-electron chi connectivity index (χ3n) is 9.58. The average Bonchev–Trinajstić information content (AvgIpc) is 3.82. The summed E-state index contributed by atoms with van der Waals surface area (Å²) in [6.45, 7) is 13.7. The predicted octanol–water partition coefficient (Wildman–Crippen LogP) is 0.739. The van der Waals surface area contributed by atoms with Crippen LogP contribution in [0.1, 0.15) is 53.6 Å². The minimum absolute atomic E-state index is 0.178. The highest BCUT2D eigenvalue weighted by Crippen LogP contribution is 2.14. The fourth-order valence-corrected chi connectivity index (χ4v) is 6.63. The van der Waals surface area contributed by atoms with Gasteiger partial charge in [-0.15, -0.1) is 0 Å². The van der Waals surface area contributed by atoms with Crippen LogP contribution in [0.2, 0.25) is 0 Å². The monoisotopic (exact) mass is 740 g/mol. The lowest BCUT2D eigenvalue weighted by Crippen LogP contribution is -2.51. The summed E-state index contributed by atoms with van der Waals surface area (Å²) in [5.74, 6) is 3.52. The zero-order valence-electron chi connectivity index (χ0n) is 32.2. The van der Waals surface area contributed by atoms with Crippen molar-refractivity contribution in [2.45, 2.75) is 85.5 Å². The first-order valence-corrected chi connectivity index (χ1v) is 18.6. The van der Waals surface area contributed by atoms with Crippen molar-refractivity contribution in [3.8, 4) is 0 Å². The summed E-state index contributed by atoms with van der Waals surface area (Å²) in [6, 6.07) is 0. The molecule has 3 aromatic rings. The molecule has 0 aromatic carbocycles. The van der Waals surface area contributed by atoms with Crippen molar-refractivity contribution in [2.24, 2.45) is 41.4 Å². The Morgan fingerprint density at radius 2 is 1.30 bits per heavy atom. The number of aromatic nitrogens is 3. The van der Waals surface area contributed by atoms with Gasteiger partial charge in [-0.1, -0.05) is 0 Å². The summed E-state index contributed by atoms with van der Waals surface area (Å²) in [5, 5.41) is 16.5. The topological polar surface area (TPSA) is 229 Å². The lowest BCUT2D eigenvalue weighted by molar-refractivity contribution is 0.383. The molecule has 3 unspecified atom stereocenters. The van der Waals surface area contributed by atoms with Gasteiger partial charge < -0.3 is 46.4 Å². The summed E-state index contributed by atoms with van der Waals surface area (Å²) in [6.07, 6.45) is 14.9. The number of aromatic amines is 2. The van der Waals surface area contributed by atoms with Crippen molar-refractivity contribution in [3.63, 3.8) is 0 Å². The number of H-pyrrole nitrogens is 2. The van der Waals surface area contributed by atoms with Gasteiger partial charge in [-0.05, 0) is 87.3 Å². The Hall–Kier alpha value is -5.94. The molecule has 0 amide bonds. The minimum atomic E-state index is -0.348. The maximum absolute atomic E-state index is 6.22. The Morgan fingerprint density at radius 3 is 1.98 bits per heavy atom. The summed E-state index contributed by atoms with van der Waals surface area (Å²) in [4.78, 5) is 38.4. The van der Waals surface area contributed by atoms with Gasteiger partial charge in [0.15, 0.2) is 23.8 Å². The molecular weight excluding hydrogens is 685 g/mol. The molecule has 0 fully saturated rings. The van der Waals surface area contributed by atoms with Gasteiger partial charge in [-0.3, -0.25) is 16.0 Å². The summed E-state index contributed by atoms with van der Waals surface area (Å²) in [5.41, 5.74) is 19.8. The quantitative estimate of drug-likeness (QED) is 0.113. The van der Waals surface area contributed by atoms with Crippen LogP contribution in [0, 0.1) is 20.8 Å². The van der Waals surface area contributed by atoms with Gasteiger partial charge in [0, 0.05) is 76.8 Å². The zero-order valence-corrected chi connectivity index (χ0v) is 32.2. The maximum atomic E-state index is 6.22. The lowest BCUT2D eigenvalue weighted by atomic mass is 10.1. The Kier molecular flexibility index (Phi) is 12.1. The van der Waals surface area contributed by atoms with E-state index in [1.54, 1.807) is 0 Å². The van der Waals surface area contributed by atoms with Gasteiger partial charge >= 0.3 is 0 Å². The molecule has 3 atom stereocenters. The van der Waals surface area contributed by atoms with E-state index in [1.807, 2.05) is 45.7 Å². The van der Waals surface area contributed by atoms with Crippen LogP contribution in [0.5, 0.6) is 0 Å². The number of aryl methyl sites for hydroxylation is 3. The van der Waals surface area contributed by atoms with Crippen LogP contribution < -0.4 is 38.1 Å². The average molecular weight is 741 g/mol. The van der Waals surface area contributed by atoms with Gasteiger partial charge in [-0.25, -0.2) is 30.0 Å². The highest BCUT2D eigenvalue weighted by Gasteiger charge is 2.22. The van der Waals surface area contributed by atoms with Crippen LogP contribution in [0.15, 0.2) is 67.1 Å². The molecule has 0 radical (unpaired) electrons. The zero-order chi connectivity index (χ0) is 38.2. The first-order chi connectivity index (χ1) is 26.0. The van der Waals surface area contributed by atoms with Gasteiger partial charge in [-0.2, -0.15) is 0 Å².